The zero-order valence-electron chi connectivity index (χ0n) is 36.4. The second kappa shape index (κ2) is 17.9. The molecule has 4 aromatic heterocycles. The molecule has 6 heterocycles. The maximum Gasteiger partial charge on any atom is 0.276 e. The van der Waals surface area contributed by atoms with Gasteiger partial charge in [0.25, 0.3) is 11.8 Å². The largest absolute Gasteiger partial charge is 0.494 e. The Labute approximate surface area is 367 Å². The average molecular weight is 877 g/mol. The van der Waals surface area contributed by atoms with Crippen LogP contribution in [-0.4, -0.2) is 126 Å². The molecule has 21 nitrogen and oxygen atoms in total. The number of aryl methyl sites for hydroxylation is 4. The number of nitrogens with two attached hydrogens (primary N) is 2. The first-order chi connectivity index (χ1) is 30.8. The lowest BCUT2D eigenvalue weighted by Gasteiger charge is -2.51. The Hall–Kier alpha value is -7.10. The lowest BCUT2D eigenvalue weighted by molar-refractivity contribution is -0.156. The van der Waals surface area contributed by atoms with Crippen molar-refractivity contribution in [2.24, 2.45) is 18.5 Å². The van der Waals surface area contributed by atoms with Gasteiger partial charge in [0.05, 0.1) is 42.7 Å². The molecular formula is C43H52N14O7. The Morgan fingerprint density at radius 1 is 0.844 bits per heavy atom. The van der Waals surface area contributed by atoms with Crippen molar-refractivity contribution in [2.75, 3.05) is 63.7 Å². The van der Waals surface area contributed by atoms with Gasteiger partial charge in [-0.25, -0.2) is 9.97 Å². The Morgan fingerprint density at radius 3 is 1.97 bits per heavy atom. The summed E-state index contributed by atoms with van der Waals surface area (Å²) in [6.45, 7) is 11.5. The summed E-state index contributed by atoms with van der Waals surface area (Å²) >= 11 is 0. The molecule has 2 saturated heterocycles. The lowest BCUT2D eigenvalue weighted by Crippen LogP contribution is -2.69. The molecule has 0 bridgehead atoms. The van der Waals surface area contributed by atoms with Crippen molar-refractivity contribution in [3.05, 3.63) is 82.5 Å². The smallest absolute Gasteiger partial charge is 0.276 e. The van der Waals surface area contributed by atoms with E-state index in [2.05, 4.69) is 31.0 Å². The number of likely N-dealkylation sites (tertiary alicyclic amines) is 1. The third-order valence-electron chi connectivity index (χ3n) is 11.3. The van der Waals surface area contributed by atoms with Gasteiger partial charge in [-0.05, 0) is 63.6 Å². The van der Waals surface area contributed by atoms with Crippen LogP contribution in [0, 0.1) is 13.8 Å². The molecule has 0 atom stereocenters. The second-order valence-electron chi connectivity index (χ2n) is 16.0. The Bertz CT molecular complexity index is 2800. The van der Waals surface area contributed by atoms with Crippen LogP contribution in [-0.2, 0) is 31.4 Å². The summed E-state index contributed by atoms with van der Waals surface area (Å²) in [5, 5.41) is 18.0. The van der Waals surface area contributed by atoms with E-state index in [9.17, 15) is 19.2 Å². The number of nitrogens with zero attached hydrogens (tertiary/aromatic N) is 9. The van der Waals surface area contributed by atoms with E-state index < -0.39 is 23.6 Å². The predicted octanol–water partition coefficient (Wildman–Crippen LogP) is 2.36. The number of ether oxygens (including phenoxy) is 3. The predicted molar refractivity (Wildman–Crippen MR) is 237 cm³/mol. The van der Waals surface area contributed by atoms with Crippen molar-refractivity contribution in [1.82, 2.24) is 48.9 Å². The minimum Gasteiger partial charge on any atom is -0.494 e. The number of hydrogen-bond acceptors (Lipinski definition) is 13. The van der Waals surface area contributed by atoms with E-state index in [0.717, 1.165) is 32.7 Å². The zero-order chi connectivity index (χ0) is 45.3. The van der Waals surface area contributed by atoms with E-state index in [1.165, 1.54) is 23.9 Å². The molecule has 0 unspecified atom stereocenters. The van der Waals surface area contributed by atoms with Crippen LogP contribution in [0.4, 0.5) is 11.9 Å². The summed E-state index contributed by atoms with van der Waals surface area (Å²) in [4.78, 5) is 64.0. The highest BCUT2D eigenvalue weighted by molar-refractivity contribution is 6.05. The van der Waals surface area contributed by atoms with Gasteiger partial charge in [-0.15, -0.1) is 0 Å². The molecule has 64 heavy (non-hydrogen) atoms. The molecule has 2 fully saturated rings. The summed E-state index contributed by atoms with van der Waals surface area (Å²) in [5.74, 6) is -1.15. The first-order valence-corrected chi connectivity index (χ1v) is 21.0. The molecule has 336 valence electrons. The monoisotopic (exact) mass is 876 g/mol. The molecular weight excluding hydrogens is 825 g/mol. The number of hydrogen-bond donors (Lipinski definition) is 5. The molecule has 7 N–H and O–H groups in total. The number of imidazole rings is 2. The Morgan fingerprint density at radius 2 is 1.42 bits per heavy atom. The van der Waals surface area contributed by atoms with Crippen molar-refractivity contribution in [2.45, 2.75) is 52.4 Å². The fourth-order valence-electron chi connectivity index (χ4n) is 8.35. The van der Waals surface area contributed by atoms with Gasteiger partial charge in [-0.3, -0.25) is 44.1 Å². The summed E-state index contributed by atoms with van der Waals surface area (Å²) in [7, 11) is 3.14. The molecule has 21 heteroatoms. The van der Waals surface area contributed by atoms with E-state index in [1.54, 1.807) is 59.0 Å². The Kier molecular flexibility index (Phi) is 12.2. The number of nitrogens with one attached hydrogen (secondary N) is 3. The zero-order valence-corrected chi connectivity index (χ0v) is 36.4. The minimum absolute atomic E-state index is 0.129. The number of aromatic nitrogens is 8. The molecule has 2 aliphatic heterocycles. The van der Waals surface area contributed by atoms with Crippen molar-refractivity contribution in [3.63, 3.8) is 0 Å². The number of primary amides is 2. The van der Waals surface area contributed by atoms with Crippen LogP contribution < -0.4 is 36.9 Å². The molecule has 0 aliphatic carbocycles. The first-order valence-electron chi connectivity index (χ1n) is 21.0. The molecule has 1 spiro atoms. The fraction of sp³-hybridized carbons (Fsp3) is 0.395. The summed E-state index contributed by atoms with van der Waals surface area (Å²) < 4.78 is 24.8. The van der Waals surface area contributed by atoms with Crippen LogP contribution in [0.25, 0.3) is 22.1 Å². The molecule has 2 aromatic carbocycles. The maximum atomic E-state index is 13.7. The van der Waals surface area contributed by atoms with E-state index in [-0.39, 0.29) is 41.7 Å². The summed E-state index contributed by atoms with van der Waals surface area (Å²) in [5.41, 5.74) is 15.5. The highest BCUT2D eigenvalue weighted by Crippen LogP contribution is 2.34. The van der Waals surface area contributed by atoms with Crippen molar-refractivity contribution >= 4 is 57.6 Å². The minimum atomic E-state index is -0.667. The second-order valence-corrected chi connectivity index (χ2v) is 16.0. The van der Waals surface area contributed by atoms with Gasteiger partial charge in [-0.2, -0.15) is 10.2 Å². The highest BCUT2D eigenvalue weighted by Gasteiger charge is 2.44. The number of rotatable bonds is 17. The van der Waals surface area contributed by atoms with Crippen LogP contribution in [0.1, 0.15) is 66.4 Å². The number of amides is 4. The normalized spacial score (nSPS) is 15.0. The maximum absolute atomic E-state index is 13.7. The quantitative estimate of drug-likeness (QED) is 0.0652. The van der Waals surface area contributed by atoms with Crippen molar-refractivity contribution in [3.8, 4) is 11.5 Å². The fourth-order valence-corrected chi connectivity index (χ4v) is 8.35. The molecule has 2 aliphatic rings. The number of carbonyl (C=O) groups excluding carboxylic acids is 4. The van der Waals surface area contributed by atoms with Crippen LogP contribution in [0.3, 0.4) is 0 Å². The number of methoxy groups -OCH3 is 1. The third-order valence-corrected chi connectivity index (χ3v) is 11.3. The number of carbonyl (C=O) groups is 4. The summed E-state index contributed by atoms with van der Waals surface area (Å²) in [6, 6.07) is 9.58. The van der Waals surface area contributed by atoms with Crippen molar-refractivity contribution in [1.29, 1.82) is 0 Å². The van der Waals surface area contributed by atoms with Gasteiger partial charge >= 0.3 is 0 Å². The van der Waals surface area contributed by atoms with E-state index in [1.807, 2.05) is 19.1 Å². The van der Waals surface area contributed by atoms with E-state index in [0.29, 0.717) is 82.5 Å². The Balaban J connectivity index is 1.11. The third kappa shape index (κ3) is 8.76. The lowest BCUT2D eigenvalue weighted by atomic mass is 9.92. The molecule has 0 radical (unpaired) electrons. The number of morpholine rings is 1. The van der Waals surface area contributed by atoms with Crippen LogP contribution >= 0.6 is 0 Å². The summed E-state index contributed by atoms with van der Waals surface area (Å²) in [6.07, 6.45) is 4.41. The van der Waals surface area contributed by atoms with Gasteiger partial charge in [-0.1, -0.05) is 12.2 Å². The number of benzene rings is 2. The molecule has 4 amide bonds. The van der Waals surface area contributed by atoms with Crippen LogP contribution in [0.2, 0.25) is 0 Å². The highest BCUT2D eigenvalue weighted by atomic mass is 16.5. The molecule has 0 saturated carbocycles. The first kappa shape index (κ1) is 43.5. The van der Waals surface area contributed by atoms with E-state index >= 15 is 0 Å². The number of anilines is 2. The van der Waals surface area contributed by atoms with E-state index in [4.69, 9.17) is 35.6 Å². The van der Waals surface area contributed by atoms with Gasteiger partial charge in [0.1, 0.15) is 39.5 Å². The van der Waals surface area contributed by atoms with Gasteiger partial charge < -0.3 is 40.1 Å². The topological polar surface area (TPSA) is 259 Å². The van der Waals surface area contributed by atoms with Gasteiger partial charge in [0, 0.05) is 70.5 Å². The van der Waals surface area contributed by atoms with Crippen LogP contribution in [0.5, 0.6) is 11.5 Å². The van der Waals surface area contributed by atoms with Gasteiger partial charge in [0.2, 0.25) is 23.7 Å². The van der Waals surface area contributed by atoms with Crippen molar-refractivity contribution < 1.29 is 33.4 Å². The number of allylic oxidation sites excluding steroid dienone is 2. The molecule has 8 rings (SSSR count). The SMILES string of the molecule is CCn1nc(C)cc1C(=O)Nc1nc2cc(C(N)=O)cc(OC)c2n1C/C=C/Cn1c(NC(=O)c2cc(C)nn2C)nc2cc(C(N)=O)cc(OCCCN3CC4(CNCCO4)C3)c21. The van der Waals surface area contributed by atoms with Gasteiger partial charge in [0.15, 0.2) is 0 Å². The average Bonchev–Trinajstić information content (AvgIpc) is 4.01. The van der Waals surface area contributed by atoms with Crippen LogP contribution in [0.15, 0.2) is 48.6 Å². The number of fused-ring (bicyclic) bond motifs is 2. The standard InChI is InChI=1S/C43H52N14O7/c1-6-57-32(17-26(3)52-57)40(61)50-42-47-29-18-27(37(44)58)20-33(62-5)35(29)55(42)12-7-8-13-56-36-30(48-41(56)49-39(60)31-16-25(2)51-53(31)4)19-28(38(45)59)21-34(36)63-14-9-11-54-23-43(24-54)22-46-10-15-64-43/h7-8,16-21,46H,6,9-15,22-24H2,1-5H3,(H2,44,58)(H2,45,59)(H,47,50,61)(H,48,49,60)/b8-7+. The molecule has 6 aromatic rings.